The molecule has 0 fully saturated rings. The summed E-state index contributed by atoms with van der Waals surface area (Å²) in [6, 6.07) is 11.9. The molecule has 0 aliphatic carbocycles. The summed E-state index contributed by atoms with van der Waals surface area (Å²) in [7, 11) is -2.11. The Morgan fingerprint density at radius 3 is 2.78 bits per heavy atom. The first-order valence-electron chi connectivity index (χ1n) is 7.88. The van der Waals surface area contributed by atoms with Gasteiger partial charge in [-0.05, 0) is 46.3 Å². The molecule has 3 aromatic rings. The number of hydrogen-bond donors (Lipinski definition) is 2. The van der Waals surface area contributed by atoms with E-state index in [1.54, 1.807) is 31.4 Å². The maximum Gasteiger partial charge on any atom is 0.241 e. The number of carbonyl (C=O) groups excluding carboxylic acids is 1. The number of halogens is 1. The molecule has 0 atom stereocenters. The molecular weight excluding hydrogens is 454 g/mol. The summed E-state index contributed by atoms with van der Waals surface area (Å²) in [6.07, 6.45) is -0.0110. The van der Waals surface area contributed by atoms with Crippen LogP contribution in [-0.4, -0.2) is 33.0 Å². The number of methoxy groups -OCH3 is 1. The fourth-order valence-corrected chi connectivity index (χ4v) is 5.25. The molecule has 0 saturated heterocycles. The smallest absolute Gasteiger partial charge is 0.241 e. The number of carbonyl (C=O) groups is 1. The zero-order valence-corrected chi connectivity index (χ0v) is 17.4. The molecule has 2 aromatic carbocycles. The summed E-state index contributed by atoms with van der Waals surface area (Å²) >= 11 is 4.53. The fourth-order valence-electron chi connectivity index (χ4n) is 2.31. The summed E-state index contributed by atoms with van der Waals surface area (Å²) < 4.78 is 33.5. The summed E-state index contributed by atoms with van der Waals surface area (Å²) in [4.78, 5) is 16.5. The third-order valence-corrected chi connectivity index (χ3v) is 7.02. The number of nitrogens with one attached hydrogen (secondary N) is 2. The molecule has 10 heteroatoms. The van der Waals surface area contributed by atoms with Crippen LogP contribution in [0.5, 0.6) is 5.75 Å². The monoisotopic (exact) mass is 469 g/mol. The number of rotatable bonds is 7. The first-order chi connectivity index (χ1) is 12.9. The van der Waals surface area contributed by atoms with Crippen LogP contribution in [-0.2, 0) is 14.8 Å². The van der Waals surface area contributed by atoms with E-state index in [1.807, 2.05) is 12.1 Å². The summed E-state index contributed by atoms with van der Waals surface area (Å²) in [5.74, 6) is 0.390. The maximum atomic E-state index is 12.3. The number of ether oxygens (including phenoxy) is 1. The van der Waals surface area contributed by atoms with E-state index in [0.29, 0.717) is 15.4 Å². The average Bonchev–Trinajstić information content (AvgIpc) is 3.02. The highest BCUT2D eigenvalue weighted by molar-refractivity contribution is 9.10. The van der Waals surface area contributed by atoms with Gasteiger partial charge in [-0.15, -0.1) is 0 Å². The molecular formula is C17H16BrN3O4S2. The molecule has 0 unspecified atom stereocenters. The van der Waals surface area contributed by atoms with Crippen molar-refractivity contribution in [1.29, 1.82) is 0 Å². The van der Waals surface area contributed by atoms with E-state index < -0.39 is 10.0 Å². The van der Waals surface area contributed by atoms with Crippen LogP contribution in [0.2, 0.25) is 0 Å². The molecule has 3 rings (SSSR count). The Morgan fingerprint density at radius 2 is 2.04 bits per heavy atom. The van der Waals surface area contributed by atoms with Crippen LogP contribution >= 0.6 is 27.3 Å². The lowest BCUT2D eigenvalue weighted by Gasteiger charge is -2.08. The molecule has 142 valence electrons. The lowest BCUT2D eigenvalue weighted by atomic mass is 10.3. The van der Waals surface area contributed by atoms with Crippen LogP contribution in [0.25, 0.3) is 10.2 Å². The largest absolute Gasteiger partial charge is 0.497 e. The van der Waals surface area contributed by atoms with Gasteiger partial charge >= 0.3 is 0 Å². The van der Waals surface area contributed by atoms with Gasteiger partial charge in [-0.3, -0.25) is 4.79 Å². The topological polar surface area (TPSA) is 97.4 Å². The Morgan fingerprint density at radius 1 is 1.26 bits per heavy atom. The molecule has 0 spiro atoms. The van der Waals surface area contributed by atoms with Gasteiger partial charge in [0.25, 0.3) is 0 Å². The highest BCUT2D eigenvalue weighted by Gasteiger charge is 2.17. The molecule has 27 heavy (non-hydrogen) atoms. The van der Waals surface area contributed by atoms with Gasteiger partial charge in [-0.2, -0.15) is 0 Å². The van der Waals surface area contributed by atoms with Gasteiger partial charge < -0.3 is 10.1 Å². The van der Waals surface area contributed by atoms with E-state index in [4.69, 9.17) is 4.74 Å². The molecule has 0 aliphatic heterocycles. The summed E-state index contributed by atoms with van der Waals surface area (Å²) in [6.45, 7) is -0.0196. The zero-order chi connectivity index (χ0) is 19.4. The van der Waals surface area contributed by atoms with Crippen molar-refractivity contribution in [1.82, 2.24) is 9.71 Å². The zero-order valence-electron chi connectivity index (χ0n) is 14.2. The Bertz CT molecular complexity index is 1080. The maximum absolute atomic E-state index is 12.3. The van der Waals surface area contributed by atoms with Gasteiger partial charge in [0.15, 0.2) is 5.13 Å². The minimum atomic E-state index is -3.69. The highest BCUT2D eigenvalue weighted by Crippen LogP contribution is 2.29. The van der Waals surface area contributed by atoms with Crippen LogP contribution in [0.15, 0.2) is 51.8 Å². The Labute approximate surface area is 168 Å². The lowest BCUT2D eigenvalue weighted by molar-refractivity contribution is -0.116. The minimum absolute atomic E-state index is 0.0110. The number of nitrogens with zero attached hydrogens (tertiary/aromatic N) is 1. The number of aromatic nitrogens is 1. The van der Waals surface area contributed by atoms with Crippen molar-refractivity contribution in [3.8, 4) is 5.75 Å². The number of anilines is 1. The third kappa shape index (κ3) is 4.83. The predicted octanol–water partition coefficient (Wildman–Crippen LogP) is 3.37. The van der Waals surface area contributed by atoms with Gasteiger partial charge in [0, 0.05) is 17.4 Å². The van der Waals surface area contributed by atoms with Crippen molar-refractivity contribution in [2.45, 2.75) is 11.3 Å². The summed E-state index contributed by atoms with van der Waals surface area (Å²) in [5.41, 5.74) is 0.755. The number of hydrogen-bond acceptors (Lipinski definition) is 6. The van der Waals surface area contributed by atoms with E-state index in [1.165, 1.54) is 17.4 Å². The number of benzene rings is 2. The third-order valence-electron chi connectivity index (χ3n) is 3.61. The van der Waals surface area contributed by atoms with Crippen LogP contribution in [0.3, 0.4) is 0 Å². The Hall–Kier alpha value is -2.01. The molecule has 1 aromatic heterocycles. The second-order valence-corrected chi connectivity index (χ2v) is 9.10. The van der Waals surface area contributed by atoms with E-state index in [-0.39, 0.29) is 23.8 Å². The van der Waals surface area contributed by atoms with Crippen molar-refractivity contribution in [3.63, 3.8) is 0 Å². The predicted molar refractivity (Wildman–Crippen MR) is 109 cm³/mol. The van der Waals surface area contributed by atoms with Crippen LogP contribution in [0.4, 0.5) is 5.13 Å². The first kappa shape index (κ1) is 19.7. The molecule has 7 nitrogen and oxygen atoms in total. The Balaban J connectivity index is 1.58. The number of thiazole rings is 1. The van der Waals surface area contributed by atoms with Crippen molar-refractivity contribution in [3.05, 3.63) is 46.9 Å². The second-order valence-electron chi connectivity index (χ2n) is 5.48. The van der Waals surface area contributed by atoms with E-state index in [2.05, 4.69) is 31.0 Å². The highest BCUT2D eigenvalue weighted by atomic mass is 79.9. The van der Waals surface area contributed by atoms with Gasteiger partial charge in [-0.1, -0.05) is 23.5 Å². The molecule has 2 N–H and O–H groups in total. The normalized spacial score (nSPS) is 11.5. The number of sulfonamides is 1. The van der Waals surface area contributed by atoms with Gasteiger partial charge in [0.05, 0.1) is 22.2 Å². The van der Waals surface area contributed by atoms with Crippen molar-refractivity contribution >= 4 is 58.5 Å². The standard InChI is InChI=1S/C17H16BrN3O4S2/c1-25-11-6-7-13-14(10-11)26-17(20-13)21-16(22)8-9-19-27(23,24)15-5-3-2-4-12(15)18/h2-7,10,19H,8-9H2,1H3,(H,20,21,22). The first-order valence-corrected chi connectivity index (χ1v) is 11.0. The SMILES string of the molecule is COc1ccc2nc(NC(=O)CCNS(=O)(=O)c3ccccc3Br)sc2c1. The summed E-state index contributed by atoms with van der Waals surface area (Å²) in [5, 5.41) is 3.15. The molecule has 1 heterocycles. The van der Waals surface area contributed by atoms with Crippen molar-refractivity contribution in [2.24, 2.45) is 0 Å². The molecule has 0 aliphatic rings. The van der Waals surface area contributed by atoms with Gasteiger partial charge in [0.2, 0.25) is 15.9 Å². The van der Waals surface area contributed by atoms with Gasteiger partial charge in [-0.25, -0.2) is 18.1 Å². The van der Waals surface area contributed by atoms with E-state index in [0.717, 1.165) is 10.2 Å². The second kappa shape index (κ2) is 8.34. The molecule has 1 amide bonds. The quantitative estimate of drug-likeness (QED) is 0.552. The number of amides is 1. The lowest BCUT2D eigenvalue weighted by Crippen LogP contribution is -2.28. The van der Waals surface area contributed by atoms with E-state index >= 15 is 0 Å². The Kier molecular flexibility index (Phi) is 6.10. The van der Waals surface area contributed by atoms with Crippen molar-refractivity contribution < 1.29 is 17.9 Å². The molecule has 0 saturated carbocycles. The van der Waals surface area contributed by atoms with E-state index in [9.17, 15) is 13.2 Å². The van der Waals surface area contributed by atoms with Gasteiger partial charge in [0.1, 0.15) is 5.75 Å². The number of fused-ring (bicyclic) bond motifs is 1. The van der Waals surface area contributed by atoms with Crippen LogP contribution < -0.4 is 14.8 Å². The van der Waals surface area contributed by atoms with Crippen LogP contribution in [0, 0.1) is 0 Å². The fraction of sp³-hybridized carbons (Fsp3) is 0.176. The van der Waals surface area contributed by atoms with Crippen LogP contribution in [0.1, 0.15) is 6.42 Å². The average molecular weight is 470 g/mol. The minimum Gasteiger partial charge on any atom is -0.497 e. The van der Waals surface area contributed by atoms with Crippen molar-refractivity contribution in [2.75, 3.05) is 19.0 Å². The molecule has 0 radical (unpaired) electrons. The molecule has 0 bridgehead atoms.